The van der Waals surface area contributed by atoms with Crippen LogP contribution in [0, 0.1) is 0 Å². The second kappa shape index (κ2) is 5.74. The van der Waals surface area contributed by atoms with Gasteiger partial charge in [-0.05, 0) is 5.56 Å². The zero-order valence-electron chi connectivity index (χ0n) is 11.4. The number of carboxylic acids is 1. The van der Waals surface area contributed by atoms with E-state index < -0.39 is 5.97 Å². The van der Waals surface area contributed by atoms with Crippen molar-refractivity contribution in [1.82, 2.24) is 0 Å². The summed E-state index contributed by atoms with van der Waals surface area (Å²) >= 11 is 0. The number of carbonyl (C=O) groups is 2. The van der Waals surface area contributed by atoms with Gasteiger partial charge in [0.25, 0.3) is 0 Å². The molecule has 0 aliphatic heterocycles. The molecule has 0 aliphatic rings. The number of carboxylic acid groups (broad SMARTS) is 1. The summed E-state index contributed by atoms with van der Waals surface area (Å²) in [7, 11) is 0. The zero-order chi connectivity index (χ0) is 14.7. The summed E-state index contributed by atoms with van der Waals surface area (Å²) in [6.45, 7) is 3.58. The Morgan fingerprint density at radius 1 is 1.25 bits per heavy atom. The largest absolute Gasteiger partial charge is 0.478 e. The lowest BCUT2D eigenvalue weighted by molar-refractivity contribution is 0.0693. The Morgan fingerprint density at radius 2 is 1.90 bits per heavy atom. The smallest absolute Gasteiger partial charge is 0.339 e. The fourth-order valence-corrected chi connectivity index (χ4v) is 2.10. The van der Waals surface area contributed by atoms with Gasteiger partial charge in [0.1, 0.15) is 11.3 Å². The lowest BCUT2D eigenvalue weighted by Gasteiger charge is -2.10. The van der Waals surface area contributed by atoms with Crippen molar-refractivity contribution in [1.29, 1.82) is 0 Å². The van der Waals surface area contributed by atoms with E-state index in [0.717, 1.165) is 5.56 Å². The van der Waals surface area contributed by atoms with E-state index in [0.29, 0.717) is 5.76 Å². The van der Waals surface area contributed by atoms with Gasteiger partial charge in [0, 0.05) is 18.4 Å². The maximum absolute atomic E-state index is 11.7. The molecule has 0 aliphatic carbocycles. The highest BCUT2D eigenvalue weighted by Crippen LogP contribution is 2.30. The van der Waals surface area contributed by atoms with Crippen LogP contribution in [0.4, 0.5) is 0 Å². The first kappa shape index (κ1) is 14.1. The topological polar surface area (TPSA) is 67.5 Å². The van der Waals surface area contributed by atoms with Gasteiger partial charge in [-0.3, -0.25) is 4.79 Å². The highest BCUT2D eigenvalue weighted by molar-refractivity contribution is 5.97. The number of aromatic carboxylic acids is 1. The number of rotatable bonds is 5. The van der Waals surface area contributed by atoms with Crippen LogP contribution in [0.3, 0.4) is 0 Å². The molecule has 0 bridgehead atoms. The van der Waals surface area contributed by atoms with Gasteiger partial charge in [0.2, 0.25) is 0 Å². The first-order valence-electron chi connectivity index (χ1n) is 6.49. The molecule has 1 aromatic heterocycles. The Kier molecular flexibility index (Phi) is 4.03. The van der Waals surface area contributed by atoms with Crippen LogP contribution in [-0.2, 0) is 0 Å². The number of Topliss-reactive ketones (excluding diaryl/α,β-unsaturated/α-hetero) is 1. The molecule has 2 aromatic rings. The van der Waals surface area contributed by atoms with Crippen LogP contribution in [0.2, 0.25) is 0 Å². The van der Waals surface area contributed by atoms with Crippen molar-refractivity contribution in [3.63, 3.8) is 0 Å². The van der Waals surface area contributed by atoms with Crippen LogP contribution in [-0.4, -0.2) is 16.9 Å². The van der Waals surface area contributed by atoms with Crippen LogP contribution in [0.5, 0.6) is 0 Å². The lowest BCUT2D eigenvalue weighted by Crippen LogP contribution is -2.03. The maximum Gasteiger partial charge on any atom is 0.339 e. The second-order valence-electron chi connectivity index (χ2n) is 4.60. The number of hydrogen-bond donors (Lipinski definition) is 1. The van der Waals surface area contributed by atoms with E-state index in [1.807, 2.05) is 37.3 Å². The van der Waals surface area contributed by atoms with E-state index in [2.05, 4.69) is 0 Å². The van der Waals surface area contributed by atoms with Crippen LogP contribution in [0.15, 0.2) is 40.8 Å². The maximum atomic E-state index is 11.7. The predicted octanol–water partition coefficient (Wildman–Crippen LogP) is 3.72. The van der Waals surface area contributed by atoms with Crippen molar-refractivity contribution < 1.29 is 19.1 Å². The third-order valence-corrected chi connectivity index (χ3v) is 3.28. The van der Waals surface area contributed by atoms with Crippen molar-refractivity contribution in [2.45, 2.75) is 26.2 Å². The molecule has 1 N–H and O–H groups in total. The van der Waals surface area contributed by atoms with Gasteiger partial charge in [0.15, 0.2) is 11.5 Å². The minimum atomic E-state index is -1.08. The van der Waals surface area contributed by atoms with Gasteiger partial charge in [-0.2, -0.15) is 0 Å². The number of benzene rings is 1. The summed E-state index contributed by atoms with van der Waals surface area (Å²) in [5, 5.41) is 9.26. The Hall–Kier alpha value is -2.36. The summed E-state index contributed by atoms with van der Waals surface area (Å²) in [6, 6.07) is 10.8. The Labute approximate surface area is 117 Å². The van der Waals surface area contributed by atoms with E-state index >= 15 is 0 Å². The van der Waals surface area contributed by atoms with Gasteiger partial charge in [0.05, 0.1) is 0 Å². The van der Waals surface area contributed by atoms with Crippen LogP contribution in [0.25, 0.3) is 0 Å². The molecule has 4 nitrogen and oxygen atoms in total. The standard InChI is InChI=1S/C16H16O4/c1-3-13(17)14-9-12(16(18)19)15(20-14)10(2)11-7-5-4-6-8-11/h4-10H,3H2,1-2H3,(H,18,19)/t10-/m0/s1. The fraction of sp³-hybridized carbons (Fsp3) is 0.250. The van der Waals surface area contributed by atoms with Crippen molar-refractivity contribution in [3.8, 4) is 0 Å². The molecule has 0 saturated carbocycles. The molecule has 1 aromatic carbocycles. The van der Waals surface area contributed by atoms with E-state index in [1.54, 1.807) is 6.92 Å². The van der Waals surface area contributed by atoms with Crippen molar-refractivity contribution in [2.75, 3.05) is 0 Å². The third-order valence-electron chi connectivity index (χ3n) is 3.28. The first-order valence-corrected chi connectivity index (χ1v) is 6.49. The third kappa shape index (κ3) is 2.64. The molecule has 4 heteroatoms. The average molecular weight is 272 g/mol. The summed E-state index contributed by atoms with van der Waals surface area (Å²) < 4.78 is 5.51. The molecule has 0 spiro atoms. The molecular weight excluding hydrogens is 256 g/mol. The van der Waals surface area contributed by atoms with Crippen LogP contribution < -0.4 is 0 Å². The predicted molar refractivity (Wildman–Crippen MR) is 74.2 cm³/mol. The minimum Gasteiger partial charge on any atom is -0.478 e. The molecule has 0 fully saturated rings. The molecule has 0 amide bonds. The van der Waals surface area contributed by atoms with Gasteiger partial charge in [-0.1, -0.05) is 44.2 Å². The highest BCUT2D eigenvalue weighted by Gasteiger charge is 2.24. The van der Waals surface area contributed by atoms with Crippen molar-refractivity contribution in [3.05, 3.63) is 59.0 Å². The Bertz CT molecular complexity index is 625. The zero-order valence-corrected chi connectivity index (χ0v) is 11.4. The number of carbonyl (C=O) groups excluding carboxylic acids is 1. The number of furan rings is 1. The average Bonchev–Trinajstić information content (AvgIpc) is 2.92. The summed E-state index contributed by atoms with van der Waals surface area (Å²) in [5.74, 6) is -1.07. The Morgan fingerprint density at radius 3 is 2.45 bits per heavy atom. The van der Waals surface area contributed by atoms with Gasteiger partial charge in [-0.25, -0.2) is 4.79 Å². The van der Waals surface area contributed by atoms with Crippen LogP contribution >= 0.6 is 0 Å². The molecule has 0 radical (unpaired) electrons. The molecule has 2 rings (SSSR count). The van der Waals surface area contributed by atoms with E-state index in [1.165, 1.54) is 6.07 Å². The number of hydrogen-bond acceptors (Lipinski definition) is 3. The molecule has 20 heavy (non-hydrogen) atoms. The van der Waals surface area contributed by atoms with Crippen molar-refractivity contribution >= 4 is 11.8 Å². The molecule has 1 heterocycles. The molecule has 0 unspecified atom stereocenters. The molecule has 1 atom stereocenters. The quantitative estimate of drug-likeness (QED) is 0.842. The summed E-state index contributed by atoms with van der Waals surface area (Å²) in [4.78, 5) is 23.0. The minimum absolute atomic E-state index is 0.0538. The molecular formula is C16H16O4. The van der Waals surface area contributed by atoms with Gasteiger partial charge in [-0.15, -0.1) is 0 Å². The highest BCUT2D eigenvalue weighted by atomic mass is 16.4. The van der Waals surface area contributed by atoms with E-state index in [4.69, 9.17) is 4.42 Å². The normalized spacial score (nSPS) is 12.1. The van der Waals surface area contributed by atoms with E-state index in [9.17, 15) is 14.7 Å². The fourth-order valence-electron chi connectivity index (χ4n) is 2.10. The molecule has 104 valence electrons. The lowest BCUT2D eigenvalue weighted by atomic mass is 9.96. The van der Waals surface area contributed by atoms with Crippen molar-refractivity contribution in [2.24, 2.45) is 0 Å². The number of ketones is 1. The Balaban J connectivity index is 2.47. The van der Waals surface area contributed by atoms with Crippen LogP contribution in [0.1, 0.15) is 58.4 Å². The summed E-state index contributed by atoms with van der Waals surface area (Å²) in [5.41, 5.74) is 0.998. The van der Waals surface area contributed by atoms with E-state index in [-0.39, 0.29) is 29.4 Å². The second-order valence-corrected chi connectivity index (χ2v) is 4.60. The molecule has 0 saturated heterocycles. The van der Waals surface area contributed by atoms with Gasteiger partial charge >= 0.3 is 5.97 Å². The SMILES string of the molecule is CCC(=O)c1cc(C(=O)O)c([C@@H](C)c2ccccc2)o1. The summed E-state index contributed by atoms with van der Waals surface area (Å²) in [6.07, 6.45) is 0.283. The first-order chi connectivity index (χ1) is 9.54. The van der Waals surface area contributed by atoms with Gasteiger partial charge < -0.3 is 9.52 Å². The monoisotopic (exact) mass is 272 g/mol.